The molecule has 0 amide bonds. The molecule has 134 valence electrons. The van der Waals surface area contributed by atoms with E-state index >= 15 is 0 Å². The van der Waals surface area contributed by atoms with Gasteiger partial charge in [0.25, 0.3) is 0 Å². The predicted molar refractivity (Wildman–Crippen MR) is 110 cm³/mol. The molecule has 26 heavy (non-hydrogen) atoms. The van der Waals surface area contributed by atoms with Crippen molar-refractivity contribution in [2.75, 3.05) is 26.0 Å². The fourth-order valence-electron chi connectivity index (χ4n) is 3.17. The van der Waals surface area contributed by atoms with E-state index in [1.807, 2.05) is 0 Å². The molecule has 1 saturated heterocycles. The largest absolute Gasteiger partial charge is 0.368 e. The second-order valence-electron chi connectivity index (χ2n) is 6.38. The number of hydrogen-bond donors (Lipinski definition) is 0. The molecule has 0 N–H and O–H groups in total. The Morgan fingerprint density at radius 3 is 2.73 bits per heavy atom. The third-order valence-electron chi connectivity index (χ3n) is 4.58. The van der Waals surface area contributed by atoms with Crippen molar-refractivity contribution in [3.05, 3.63) is 70.5 Å². The third kappa shape index (κ3) is 4.18. The van der Waals surface area contributed by atoms with Crippen molar-refractivity contribution in [2.45, 2.75) is 17.5 Å². The number of nitrogens with zero attached hydrogens (tertiary/aromatic N) is 2. The fourth-order valence-corrected chi connectivity index (χ4v) is 4.44. The molecule has 1 atom stereocenters. The quantitative estimate of drug-likeness (QED) is 0.573. The summed E-state index contributed by atoms with van der Waals surface area (Å²) in [4.78, 5) is 8.59. The summed E-state index contributed by atoms with van der Waals surface area (Å²) < 4.78 is 6.02. The van der Waals surface area contributed by atoms with Crippen LogP contribution in [0.25, 0.3) is 11.3 Å². The van der Waals surface area contributed by atoms with E-state index in [-0.39, 0.29) is 6.10 Å². The molecular weight excluding hydrogens is 360 g/mol. The van der Waals surface area contributed by atoms with Crippen LogP contribution in [0.2, 0.25) is 0 Å². The third-order valence-corrected chi connectivity index (χ3v) is 6.26. The van der Waals surface area contributed by atoms with Crippen molar-refractivity contribution in [3.8, 4) is 11.3 Å². The maximum Gasteiger partial charge on any atom is 0.124 e. The fraction of sp³-hybridized carbons (Fsp3) is 0.286. The van der Waals surface area contributed by atoms with Gasteiger partial charge in [-0.05, 0) is 24.0 Å². The van der Waals surface area contributed by atoms with Gasteiger partial charge in [-0.1, -0.05) is 42.5 Å². The molecule has 0 unspecified atom stereocenters. The molecule has 1 aliphatic rings. The lowest BCUT2D eigenvalue weighted by molar-refractivity contribution is -0.0329. The minimum absolute atomic E-state index is 0.0664. The molecule has 4 rings (SSSR count). The Kier molecular flexibility index (Phi) is 5.70. The van der Waals surface area contributed by atoms with Gasteiger partial charge in [0.05, 0.1) is 12.3 Å². The first kappa shape index (κ1) is 17.7. The lowest BCUT2D eigenvalue weighted by atomic mass is 10.2. The highest BCUT2D eigenvalue weighted by molar-refractivity contribution is 7.98. The zero-order valence-corrected chi connectivity index (χ0v) is 16.4. The number of hydrogen-bond acceptors (Lipinski definition) is 5. The molecule has 2 heterocycles. The molecule has 5 heteroatoms. The van der Waals surface area contributed by atoms with Crippen LogP contribution in [0.1, 0.15) is 16.7 Å². The number of morpholine rings is 1. The van der Waals surface area contributed by atoms with Crippen molar-refractivity contribution in [1.29, 1.82) is 0 Å². The first-order valence-corrected chi connectivity index (χ1v) is 10.9. The van der Waals surface area contributed by atoms with E-state index < -0.39 is 0 Å². The van der Waals surface area contributed by atoms with Gasteiger partial charge in [-0.15, -0.1) is 23.1 Å². The number of thioether (sulfide) groups is 1. The molecule has 3 nitrogen and oxygen atoms in total. The number of rotatable bonds is 5. The van der Waals surface area contributed by atoms with Gasteiger partial charge >= 0.3 is 0 Å². The Bertz CT molecular complexity index is 833. The molecule has 1 aliphatic heterocycles. The Morgan fingerprint density at radius 1 is 1.15 bits per heavy atom. The smallest absolute Gasteiger partial charge is 0.124 e. The van der Waals surface area contributed by atoms with Crippen LogP contribution in [0.4, 0.5) is 0 Å². The van der Waals surface area contributed by atoms with Gasteiger partial charge in [-0.3, -0.25) is 4.90 Å². The lowest BCUT2D eigenvalue weighted by Crippen LogP contribution is -2.37. The van der Waals surface area contributed by atoms with Crippen LogP contribution in [0.3, 0.4) is 0 Å². The van der Waals surface area contributed by atoms with Gasteiger partial charge in [0.15, 0.2) is 0 Å². The monoisotopic (exact) mass is 382 g/mol. The van der Waals surface area contributed by atoms with Crippen molar-refractivity contribution < 1.29 is 4.74 Å². The average molecular weight is 383 g/mol. The van der Waals surface area contributed by atoms with Crippen LogP contribution < -0.4 is 0 Å². The van der Waals surface area contributed by atoms with Crippen LogP contribution in [-0.2, 0) is 11.3 Å². The molecule has 1 fully saturated rings. The van der Waals surface area contributed by atoms with E-state index in [2.05, 4.69) is 71.1 Å². The highest BCUT2D eigenvalue weighted by Gasteiger charge is 2.24. The maximum absolute atomic E-state index is 6.02. The zero-order valence-electron chi connectivity index (χ0n) is 14.8. The second kappa shape index (κ2) is 8.35. The molecule has 2 aromatic carbocycles. The standard InChI is InChI=1S/C21H22N2OS2/c1-25-18-9-7-17(8-10-18)19-15-26-21(22-19)20-14-23(11-12-24-20)13-16-5-3-2-4-6-16/h2-10,15,20H,11-14H2,1H3/t20-/m1/s1. The summed E-state index contributed by atoms with van der Waals surface area (Å²) in [5.74, 6) is 0. The predicted octanol–water partition coefficient (Wildman–Crippen LogP) is 5.11. The van der Waals surface area contributed by atoms with Crippen LogP contribution in [0, 0.1) is 0 Å². The minimum atomic E-state index is 0.0664. The SMILES string of the molecule is CSc1ccc(-c2csc([C@H]3CN(Cc4ccccc4)CCO3)n2)cc1. The van der Waals surface area contributed by atoms with Crippen LogP contribution in [-0.4, -0.2) is 35.8 Å². The molecule has 0 saturated carbocycles. The second-order valence-corrected chi connectivity index (χ2v) is 8.15. The lowest BCUT2D eigenvalue weighted by Gasteiger charge is -2.32. The van der Waals surface area contributed by atoms with E-state index in [9.17, 15) is 0 Å². The summed E-state index contributed by atoms with van der Waals surface area (Å²) in [5, 5.41) is 3.22. The average Bonchev–Trinajstić information content (AvgIpc) is 3.19. The van der Waals surface area contributed by atoms with Gasteiger partial charge in [-0.25, -0.2) is 4.98 Å². The summed E-state index contributed by atoms with van der Waals surface area (Å²) in [6.07, 6.45) is 2.16. The zero-order chi connectivity index (χ0) is 17.8. The molecule has 0 radical (unpaired) electrons. The summed E-state index contributed by atoms with van der Waals surface area (Å²) in [6, 6.07) is 19.2. The number of ether oxygens (including phenoxy) is 1. The first-order chi connectivity index (χ1) is 12.8. The van der Waals surface area contributed by atoms with Crippen molar-refractivity contribution in [3.63, 3.8) is 0 Å². The Hall–Kier alpha value is -1.66. The van der Waals surface area contributed by atoms with E-state index in [1.165, 1.54) is 16.0 Å². The van der Waals surface area contributed by atoms with Crippen LogP contribution >= 0.6 is 23.1 Å². The van der Waals surface area contributed by atoms with Gasteiger partial charge < -0.3 is 4.74 Å². The molecule has 0 aliphatic carbocycles. The molecular formula is C21H22N2OS2. The molecule has 1 aromatic heterocycles. The molecule has 0 spiro atoms. The summed E-state index contributed by atoms with van der Waals surface area (Å²) in [7, 11) is 0. The van der Waals surface area contributed by atoms with Crippen molar-refractivity contribution in [2.24, 2.45) is 0 Å². The summed E-state index contributed by atoms with van der Waals surface area (Å²) in [5.41, 5.74) is 3.56. The normalized spacial score (nSPS) is 18.1. The van der Waals surface area contributed by atoms with E-state index in [1.54, 1.807) is 23.1 Å². The highest BCUT2D eigenvalue weighted by Crippen LogP contribution is 2.30. The number of aromatic nitrogens is 1. The Balaban J connectivity index is 1.44. The van der Waals surface area contributed by atoms with Crippen LogP contribution in [0.15, 0.2) is 64.9 Å². The Labute approximate surface area is 163 Å². The summed E-state index contributed by atoms with van der Waals surface area (Å²) in [6.45, 7) is 3.59. The number of thiazole rings is 1. The molecule has 3 aromatic rings. The van der Waals surface area contributed by atoms with Gasteiger partial charge in [0.1, 0.15) is 11.1 Å². The van der Waals surface area contributed by atoms with E-state index in [0.29, 0.717) is 0 Å². The number of benzene rings is 2. The highest BCUT2D eigenvalue weighted by atomic mass is 32.2. The van der Waals surface area contributed by atoms with Gasteiger partial charge in [-0.2, -0.15) is 0 Å². The van der Waals surface area contributed by atoms with Gasteiger partial charge in [0.2, 0.25) is 0 Å². The van der Waals surface area contributed by atoms with Crippen LogP contribution in [0.5, 0.6) is 0 Å². The van der Waals surface area contributed by atoms with Crippen molar-refractivity contribution in [1.82, 2.24) is 9.88 Å². The topological polar surface area (TPSA) is 25.4 Å². The Morgan fingerprint density at radius 2 is 1.96 bits per heavy atom. The maximum atomic E-state index is 6.02. The minimum Gasteiger partial charge on any atom is -0.368 e. The van der Waals surface area contributed by atoms with E-state index in [4.69, 9.17) is 9.72 Å². The van der Waals surface area contributed by atoms with Gasteiger partial charge in [0, 0.05) is 35.5 Å². The van der Waals surface area contributed by atoms with E-state index in [0.717, 1.165) is 36.9 Å². The van der Waals surface area contributed by atoms with Crippen molar-refractivity contribution >= 4 is 23.1 Å². The summed E-state index contributed by atoms with van der Waals surface area (Å²) >= 11 is 3.46. The first-order valence-electron chi connectivity index (χ1n) is 8.79. The molecule has 0 bridgehead atoms.